The van der Waals surface area contributed by atoms with Gasteiger partial charge in [-0.3, -0.25) is 29.4 Å². The highest BCUT2D eigenvalue weighted by Crippen LogP contribution is 2.35. The molecule has 136 valence electrons. The van der Waals surface area contributed by atoms with Crippen LogP contribution in [0.25, 0.3) is 0 Å². The average molecular weight is 357 g/mol. The number of fused-ring (bicyclic) bond motifs is 1. The molecule has 0 saturated carbocycles. The van der Waals surface area contributed by atoms with Gasteiger partial charge in [-0.2, -0.15) is 0 Å². The fourth-order valence-electron chi connectivity index (χ4n) is 3.37. The zero-order valence-electron chi connectivity index (χ0n) is 14.3. The molecular weight excluding hydrogens is 338 g/mol. The lowest BCUT2D eigenvalue weighted by Gasteiger charge is -2.15. The van der Waals surface area contributed by atoms with Crippen LogP contribution in [0.3, 0.4) is 0 Å². The van der Waals surface area contributed by atoms with Crippen LogP contribution >= 0.6 is 0 Å². The van der Waals surface area contributed by atoms with Crippen molar-refractivity contribution < 1.29 is 19.3 Å². The van der Waals surface area contributed by atoms with Gasteiger partial charge in [-0.05, 0) is 25.3 Å². The van der Waals surface area contributed by atoms with E-state index in [1.165, 1.54) is 17.0 Å². The number of aryl methyl sites for hydroxylation is 1. The van der Waals surface area contributed by atoms with E-state index in [0.29, 0.717) is 24.1 Å². The monoisotopic (exact) mass is 357 g/mol. The molecule has 0 spiro atoms. The fourth-order valence-corrected chi connectivity index (χ4v) is 3.37. The predicted octanol–water partition coefficient (Wildman–Crippen LogP) is 2.18. The Hall–Kier alpha value is -3.03. The number of anilines is 1. The van der Waals surface area contributed by atoms with Crippen LogP contribution in [0.4, 0.5) is 11.4 Å². The van der Waals surface area contributed by atoms with Crippen molar-refractivity contribution >= 4 is 29.1 Å². The molecule has 1 heterocycles. The fraction of sp³-hybridized carbons (Fsp3) is 0.389. The second-order valence-corrected chi connectivity index (χ2v) is 6.54. The number of nitro groups is 1. The molecule has 1 N–H and O–H groups in total. The third kappa shape index (κ3) is 3.35. The van der Waals surface area contributed by atoms with Gasteiger partial charge in [0, 0.05) is 25.1 Å². The molecule has 1 aromatic carbocycles. The number of imide groups is 1. The summed E-state index contributed by atoms with van der Waals surface area (Å²) >= 11 is 0. The van der Waals surface area contributed by atoms with Crippen LogP contribution in [0.2, 0.25) is 0 Å². The third-order valence-electron chi connectivity index (χ3n) is 4.87. The number of carbonyl (C=O) groups is 3. The van der Waals surface area contributed by atoms with Gasteiger partial charge in [0.1, 0.15) is 0 Å². The van der Waals surface area contributed by atoms with E-state index in [0.717, 1.165) is 0 Å². The van der Waals surface area contributed by atoms with Crippen LogP contribution in [0, 0.1) is 28.9 Å². The Morgan fingerprint density at radius 3 is 2.42 bits per heavy atom. The van der Waals surface area contributed by atoms with E-state index >= 15 is 0 Å². The summed E-state index contributed by atoms with van der Waals surface area (Å²) in [6.07, 6.45) is 4.89. The molecule has 1 saturated heterocycles. The standard InChI is InChI=1S/C18H19N3O5/c1-11-6-7-12(21(25)26)10-15(11)19-16(22)8-9-20-17(23)13-4-2-3-5-14(13)18(20)24/h2-3,6-7,10,13-14H,4-5,8-9H2,1H3,(H,19,22)/t13-,14+. The third-order valence-corrected chi connectivity index (χ3v) is 4.87. The van der Waals surface area contributed by atoms with Gasteiger partial charge in [-0.1, -0.05) is 18.2 Å². The summed E-state index contributed by atoms with van der Waals surface area (Å²) in [5.41, 5.74) is 0.919. The number of amides is 3. The first kappa shape index (κ1) is 17.8. The number of nitrogens with one attached hydrogen (secondary N) is 1. The van der Waals surface area contributed by atoms with Crippen LogP contribution < -0.4 is 5.32 Å². The van der Waals surface area contributed by atoms with Crippen LogP contribution in [-0.2, 0) is 14.4 Å². The Morgan fingerprint density at radius 1 is 1.23 bits per heavy atom. The van der Waals surface area contributed by atoms with E-state index in [1.807, 2.05) is 12.2 Å². The van der Waals surface area contributed by atoms with Crippen LogP contribution in [0.5, 0.6) is 0 Å². The molecule has 1 aromatic rings. The maximum absolute atomic E-state index is 12.4. The first-order valence-corrected chi connectivity index (χ1v) is 8.43. The van der Waals surface area contributed by atoms with Crippen molar-refractivity contribution in [3.8, 4) is 0 Å². The smallest absolute Gasteiger partial charge is 0.271 e. The molecule has 0 radical (unpaired) electrons. The van der Waals surface area contributed by atoms with Gasteiger partial charge in [0.2, 0.25) is 17.7 Å². The van der Waals surface area contributed by atoms with E-state index in [1.54, 1.807) is 13.0 Å². The Kier molecular flexibility index (Phi) is 4.83. The minimum absolute atomic E-state index is 0.0183. The number of benzene rings is 1. The largest absolute Gasteiger partial charge is 0.326 e. The van der Waals surface area contributed by atoms with Gasteiger partial charge in [0.25, 0.3) is 5.69 Å². The van der Waals surface area contributed by atoms with Crippen molar-refractivity contribution in [2.45, 2.75) is 26.2 Å². The number of likely N-dealkylation sites (tertiary alicyclic amines) is 1. The van der Waals surface area contributed by atoms with Crippen molar-refractivity contribution in [2.24, 2.45) is 11.8 Å². The molecule has 8 heteroatoms. The molecule has 26 heavy (non-hydrogen) atoms. The first-order valence-electron chi connectivity index (χ1n) is 8.43. The summed E-state index contributed by atoms with van der Waals surface area (Å²) in [7, 11) is 0. The lowest BCUT2D eigenvalue weighted by Crippen LogP contribution is -2.34. The number of nitro benzene ring substituents is 1. The lowest BCUT2D eigenvalue weighted by atomic mass is 9.85. The molecule has 0 unspecified atom stereocenters. The minimum atomic E-state index is -0.535. The quantitative estimate of drug-likeness (QED) is 0.376. The Balaban J connectivity index is 1.61. The van der Waals surface area contributed by atoms with Gasteiger partial charge in [-0.25, -0.2) is 0 Å². The zero-order chi connectivity index (χ0) is 18.8. The Morgan fingerprint density at radius 2 is 1.85 bits per heavy atom. The lowest BCUT2D eigenvalue weighted by molar-refractivity contribution is -0.384. The van der Waals surface area contributed by atoms with Gasteiger partial charge < -0.3 is 5.32 Å². The number of rotatable bonds is 5. The van der Waals surface area contributed by atoms with E-state index in [-0.39, 0.29) is 42.3 Å². The number of nitrogens with zero attached hydrogens (tertiary/aromatic N) is 2. The van der Waals surface area contributed by atoms with Crippen LogP contribution in [0.15, 0.2) is 30.4 Å². The van der Waals surface area contributed by atoms with E-state index in [2.05, 4.69) is 5.32 Å². The molecule has 0 bridgehead atoms. The zero-order valence-corrected chi connectivity index (χ0v) is 14.3. The van der Waals surface area contributed by atoms with Gasteiger partial charge in [-0.15, -0.1) is 0 Å². The molecular formula is C18H19N3O5. The molecule has 8 nitrogen and oxygen atoms in total. The molecule has 1 fully saturated rings. The maximum atomic E-state index is 12.4. The number of hydrogen-bond acceptors (Lipinski definition) is 5. The molecule has 2 aliphatic rings. The topological polar surface area (TPSA) is 110 Å². The van der Waals surface area contributed by atoms with Crippen LogP contribution in [-0.4, -0.2) is 34.1 Å². The highest BCUT2D eigenvalue weighted by Gasteiger charge is 2.46. The summed E-state index contributed by atoms with van der Waals surface area (Å²) in [6, 6.07) is 4.21. The Bertz CT molecular complexity index is 791. The second-order valence-electron chi connectivity index (χ2n) is 6.54. The molecule has 3 amide bonds. The van der Waals surface area contributed by atoms with E-state index < -0.39 is 10.8 Å². The highest BCUT2D eigenvalue weighted by atomic mass is 16.6. The Labute approximate surface area is 150 Å². The van der Waals surface area contributed by atoms with Crippen molar-refractivity contribution in [1.82, 2.24) is 4.90 Å². The number of non-ortho nitro benzene ring substituents is 1. The van der Waals surface area contributed by atoms with Gasteiger partial charge in [0.15, 0.2) is 0 Å². The highest BCUT2D eigenvalue weighted by molar-refractivity contribution is 6.05. The summed E-state index contributed by atoms with van der Waals surface area (Å²) in [5, 5.41) is 13.5. The molecule has 1 aliphatic heterocycles. The maximum Gasteiger partial charge on any atom is 0.271 e. The SMILES string of the molecule is Cc1ccc([N+](=O)[O-])cc1NC(=O)CCN1C(=O)[C@H]2CC=CC[C@H]2C1=O. The van der Waals surface area contributed by atoms with Gasteiger partial charge >= 0.3 is 0 Å². The molecule has 2 atom stereocenters. The summed E-state index contributed by atoms with van der Waals surface area (Å²) in [4.78, 5) is 48.4. The first-order chi connectivity index (χ1) is 12.4. The number of carbonyl (C=O) groups excluding carboxylic acids is 3. The normalized spacial score (nSPS) is 21.7. The van der Waals surface area contributed by atoms with Crippen molar-refractivity contribution in [3.05, 3.63) is 46.0 Å². The van der Waals surface area contributed by atoms with Crippen LogP contribution in [0.1, 0.15) is 24.8 Å². The summed E-state index contributed by atoms with van der Waals surface area (Å²) in [6.45, 7) is 1.75. The van der Waals surface area contributed by atoms with Crippen molar-refractivity contribution in [1.29, 1.82) is 0 Å². The van der Waals surface area contributed by atoms with Crippen molar-refractivity contribution in [2.75, 3.05) is 11.9 Å². The predicted molar refractivity (Wildman–Crippen MR) is 93.2 cm³/mol. The molecule has 1 aliphatic carbocycles. The molecule has 0 aromatic heterocycles. The summed E-state index contributed by atoms with van der Waals surface area (Å²) < 4.78 is 0. The van der Waals surface area contributed by atoms with Crippen molar-refractivity contribution in [3.63, 3.8) is 0 Å². The number of hydrogen-bond donors (Lipinski definition) is 1. The summed E-state index contributed by atoms with van der Waals surface area (Å²) in [5.74, 6) is -1.46. The van der Waals surface area contributed by atoms with E-state index in [9.17, 15) is 24.5 Å². The van der Waals surface area contributed by atoms with Gasteiger partial charge in [0.05, 0.1) is 22.4 Å². The second kappa shape index (κ2) is 7.07. The van der Waals surface area contributed by atoms with E-state index in [4.69, 9.17) is 0 Å². The number of allylic oxidation sites excluding steroid dienone is 2. The average Bonchev–Trinajstić information content (AvgIpc) is 2.86. The molecule has 3 rings (SSSR count). The minimum Gasteiger partial charge on any atom is -0.326 e.